The van der Waals surface area contributed by atoms with E-state index < -0.39 is 0 Å². The van der Waals surface area contributed by atoms with Crippen LogP contribution < -0.4 is 10.2 Å². The Morgan fingerprint density at radius 2 is 2.00 bits per heavy atom. The molecule has 1 N–H and O–H groups in total. The SMILES string of the molecule is COC1(C)CN(c2cnc(C(=O)Nc3csc(-c4nncn4C4CC4)n3)cc2-n2cnc(C3CC3)c2)C1. The van der Waals surface area contributed by atoms with E-state index in [1.165, 1.54) is 24.2 Å². The van der Waals surface area contributed by atoms with Gasteiger partial charge in [0.2, 0.25) is 0 Å². The van der Waals surface area contributed by atoms with E-state index in [2.05, 4.69) is 53.1 Å². The van der Waals surface area contributed by atoms with Crippen molar-refractivity contribution in [2.75, 3.05) is 30.4 Å². The molecular formula is C25H27N9O2S. The van der Waals surface area contributed by atoms with E-state index in [0.29, 0.717) is 23.5 Å². The first kappa shape index (κ1) is 22.5. The quantitative estimate of drug-likeness (QED) is 0.376. The number of amides is 1. The van der Waals surface area contributed by atoms with Gasteiger partial charge < -0.3 is 24.1 Å². The minimum absolute atomic E-state index is 0.187. The van der Waals surface area contributed by atoms with Crippen molar-refractivity contribution >= 4 is 28.7 Å². The van der Waals surface area contributed by atoms with Crippen LogP contribution in [-0.4, -0.2) is 66.0 Å². The molecule has 4 aromatic rings. The van der Waals surface area contributed by atoms with E-state index in [0.717, 1.165) is 53.8 Å². The number of ether oxygens (including phenoxy) is 1. The first-order chi connectivity index (χ1) is 18.0. The monoisotopic (exact) mass is 517 g/mol. The lowest BCUT2D eigenvalue weighted by molar-refractivity contribution is -0.0168. The van der Waals surface area contributed by atoms with Gasteiger partial charge in [-0.15, -0.1) is 21.5 Å². The maximum absolute atomic E-state index is 13.2. The van der Waals surface area contributed by atoms with Crippen LogP contribution in [0, 0.1) is 0 Å². The summed E-state index contributed by atoms with van der Waals surface area (Å²) in [6.07, 6.45) is 12.0. The molecule has 0 aromatic carbocycles. The van der Waals surface area contributed by atoms with Gasteiger partial charge in [-0.05, 0) is 38.7 Å². The Balaban J connectivity index is 1.15. The molecule has 37 heavy (non-hydrogen) atoms. The highest BCUT2D eigenvalue weighted by Crippen LogP contribution is 2.40. The van der Waals surface area contributed by atoms with E-state index >= 15 is 0 Å². The number of thiazole rings is 1. The fourth-order valence-electron chi connectivity index (χ4n) is 4.76. The minimum atomic E-state index is -0.318. The lowest BCUT2D eigenvalue weighted by Gasteiger charge is -2.48. The molecule has 0 spiro atoms. The molecule has 1 aliphatic heterocycles. The minimum Gasteiger partial charge on any atom is -0.375 e. The Hall–Kier alpha value is -3.64. The van der Waals surface area contributed by atoms with Crippen molar-refractivity contribution in [3.05, 3.63) is 47.9 Å². The smallest absolute Gasteiger partial charge is 0.275 e. The molecule has 7 rings (SSSR count). The molecule has 2 saturated carbocycles. The maximum Gasteiger partial charge on any atom is 0.275 e. The van der Waals surface area contributed by atoms with E-state index in [-0.39, 0.29) is 11.5 Å². The van der Waals surface area contributed by atoms with Gasteiger partial charge in [-0.2, -0.15) is 0 Å². The molecule has 0 bridgehead atoms. The molecule has 12 heteroatoms. The first-order valence-corrected chi connectivity index (χ1v) is 13.4. The highest BCUT2D eigenvalue weighted by atomic mass is 32.1. The van der Waals surface area contributed by atoms with Crippen molar-refractivity contribution in [3.63, 3.8) is 0 Å². The predicted octanol–water partition coefficient (Wildman–Crippen LogP) is 3.67. The summed E-state index contributed by atoms with van der Waals surface area (Å²) in [6, 6.07) is 2.27. The standard InChI is InChI=1S/C25H27N9O2S/c1-25(36-2)11-33(12-25)20-8-26-17(7-19(20)32-9-18(27-13-32)15-3-4-15)23(35)29-21-10-37-24(30-21)22-31-28-14-34(22)16-5-6-16/h7-10,13-16H,3-6,11-12H2,1-2H3,(H,29,35). The highest BCUT2D eigenvalue weighted by molar-refractivity contribution is 7.13. The number of carbonyl (C=O) groups is 1. The van der Waals surface area contributed by atoms with Crippen molar-refractivity contribution in [1.82, 2.24) is 34.3 Å². The number of pyridine rings is 1. The molecule has 3 fully saturated rings. The Bertz CT molecular complexity index is 1480. The number of nitrogens with one attached hydrogen (secondary N) is 1. The van der Waals surface area contributed by atoms with Crippen LogP contribution in [0.15, 0.2) is 36.5 Å². The molecular weight excluding hydrogens is 490 g/mol. The lowest BCUT2D eigenvalue weighted by atomic mass is 9.95. The van der Waals surface area contributed by atoms with E-state index in [1.807, 2.05) is 22.3 Å². The molecule has 190 valence electrons. The van der Waals surface area contributed by atoms with Gasteiger partial charge in [-0.3, -0.25) is 4.79 Å². The number of nitrogens with zero attached hydrogens (tertiary/aromatic N) is 8. The fourth-order valence-corrected chi connectivity index (χ4v) is 5.50. The molecule has 3 aliphatic rings. The summed E-state index contributed by atoms with van der Waals surface area (Å²) in [7, 11) is 1.74. The summed E-state index contributed by atoms with van der Waals surface area (Å²) in [4.78, 5) is 29.2. The Labute approximate surface area is 217 Å². The van der Waals surface area contributed by atoms with Gasteiger partial charge in [-0.25, -0.2) is 15.0 Å². The largest absolute Gasteiger partial charge is 0.375 e. The molecule has 1 amide bonds. The van der Waals surface area contributed by atoms with Crippen LogP contribution in [0.2, 0.25) is 0 Å². The molecule has 0 unspecified atom stereocenters. The normalized spacial score (nSPS) is 18.6. The lowest BCUT2D eigenvalue weighted by Crippen LogP contribution is -2.61. The summed E-state index contributed by atoms with van der Waals surface area (Å²) < 4.78 is 9.69. The predicted molar refractivity (Wildman–Crippen MR) is 138 cm³/mol. The topological polar surface area (TPSA) is 116 Å². The average Bonchev–Trinajstić information content (AvgIpc) is 3.77. The second-order valence-corrected chi connectivity index (χ2v) is 11.2. The number of carbonyl (C=O) groups excluding carboxylic acids is 1. The molecule has 5 heterocycles. The van der Waals surface area contributed by atoms with Crippen LogP contribution >= 0.6 is 11.3 Å². The highest BCUT2D eigenvalue weighted by Gasteiger charge is 2.40. The van der Waals surface area contributed by atoms with Gasteiger partial charge in [0.15, 0.2) is 10.8 Å². The van der Waals surface area contributed by atoms with Gasteiger partial charge >= 0.3 is 0 Å². The third-order valence-corrected chi connectivity index (χ3v) is 8.14. The summed E-state index contributed by atoms with van der Waals surface area (Å²) in [5, 5.41) is 13.7. The number of anilines is 2. The second kappa shape index (κ2) is 8.45. The number of aromatic nitrogens is 7. The van der Waals surface area contributed by atoms with Crippen LogP contribution in [0.25, 0.3) is 16.5 Å². The molecule has 1 saturated heterocycles. The van der Waals surface area contributed by atoms with Gasteiger partial charge in [0, 0.05) is 43.7 Å². The Morgan fingerprint density at radius 3 is 2.76 bits per heavy atom. The first-order valence-electron chi connectivity index (χ1n) is 12.5. The van der Waals surface area contributed by atoms with E-state index in [1.54, 1.807) is 19.6 Å². The van der Waals surface area contributed by atoms with Crippen LogP contribution in [-0.2, 0) is 4.74 Å². The molecule has 0 atom stereocenters. The third-order valence-electron chi connectivity index (χ3n) is 7.31. The van der Waals surface area contributed by atoms with Crippen molar-refractivity contribution in [1.29, 1.82) is 0 Å². The van der Waals surface area contributed by atoms with Crippen molar-refractivity contribution in [2.24, 2.45) is 0 Å². The van der Waals surface area contributed by atoms with Crippen LogP contribution in [0.3, 0.4) is 0 Å². The zero-order chi connectivity index (χ0) is 25.1. The molecule has 0 radical (unpaired) electrons. The number of methoxy groups -OCH3 is 1. The fraction of sp³-hybridized carbons (Fsp3) is 0.440. The average molecular weight is 518 g/mol. The maximum atomic E-state index is 13.2. The van der Waals surface area contributed by atoms with Gasteiger partial charge in [-0.1, -0.05) is 0 Å². The Kier molecular flexibility index (Phi) is 5.15. The summed E-state index contributed by atoms with van der Waals surface area (Å²) in [5.41, 5.74) is 3.03. The van der Waals surface area contributed by atoms with Crippen molar-refractivity contribution < 1.29 is 9.53 Å². The van der Waals surface area contributed by atoms with Crippen molar-refractivity contribution in [3.8, 4) is 16.5 Å². The number of imidazole rings is 1. The number of hydrogen-bond acceptors (Lipinski definition) is 9. The zero-order valence-corrected chi connectivity index (χ0v) is 21.5. The van der Waals surface area contributed by atoms with Crippen LogP contribution in [0.5, 0.6) is 0 Å². The molecule has 11 nitrogen and oxygen atoms in total. The van der Waals surface area contributed by atoms with Gasteiger partial charge in [0.25, 0.3) is 5.91 Å². The third kappa shape index (κ3) is 4.19. The van der Waals surface area contributed by atoms with Gasteiger partial charge in [0.05, 0.1) is 35.2 Å². The Morgan fingerprint density at radius 1 is 1.16 bits per heavy atom. The molecule has 2 aliphatic carbocycles. The summed E-state index contributed by atoms with van der Waals surface area (Å²) in [5.74, 6) is 1.43. The number of rotatable bonds is 8. The van der Waals surface area contributed by atoms with E-state index in [4.69, 9.17) is 4.74 Å². The van der Waals surface area contributed by atoms with Gasteiger partial charge in [0.1, 0.15) is 17.8 Å². The van der Waals surface area contributed by atoms with Crippen molar-refractivity contribution in [2.45, 2.75) is 50.2 Å². The summed E-state index contributed by atoms with van der Waals surface area (Å²) in [6.45, 7) is 3.60. The van der Waals surface area contributed by atoms with E-state index in [9.17, 15) is 4.79 Å². The number of hydrogen-bond donors (Lipinski definition) is 1. The molecule has 4 aromatic heterocycles. The second-order valence-electron chi connectivity index (χ2n) is 10.3. The zero-order valence-electron chi connectivity index (χ0n) is 20.7. The summed E-state index contributed by atoms with van der Waals surface area (Å²) >= 11 is 1.43. The van der Waals surface area contributed by atoms with Crippen LogP contribution in [0.1, 0.15) is 60.7 Å². The van der Waals surface area contributed by atoms with Crippen LogP contribution in [0.4, 0.5) is 11.5 Å².